The van der Waals surface area contributed by atoms with Gasteiger partial charge in [-0.25, -0.2) is 0 Å². The Balaban J connectivity index is 0.00000243. The summed E-state index contributed by atoms with van der Waals surface area (Å²) in [5, 5.41) is 6.33. The lowest BCUT2D eigenvalue weighted by molar-refractivity contribution is -0.116. The zero-order chi connectivity index (χ0) is 17.3. The van der Waals surface area contributed by atoms with Gasteiger partial charge in [0.15, 0.2) is 0 Å². The number of benzene rings is 2. The lowest BCUT2D eigenvalue weighted by atomic mass is 9.93. The molecule has 0 bridgehead atoms. The molecule has 1 amide bonds. The summed E-state index contributed by atoms with van der Waals surface area (Å²) in [6.45, 7) is 2.70. The van der Waals surface area contributed by atoms with Gasteiger partial charge in [-0.1, -0.05) is 30.3 Å². The largest absolute Gasteiger partial charge is 0.489 e. The Morgan fingerprint density at radius 3 is 2.42 bits per heavy atom. The van der Waals surface area contributed by atoms with E-state index in [2.05, 4.69) is 10.6 Å². The van der Waals surface area contributed by atoms with Gasteiger partial charge < -0.3 is 15.4 Å². The van der Waals surface area contributed by atoms with Crippen LogP contribution >= 0.6 is 12.4 Å². The minimum Gasteiger partial charge on any atom is -0.489 e. The Hall–Kier alpha value is -2.04. The number of carbonyl (C=O) groups excluding carboxylic acids is 1. The molecule has 1 fully saturated rings. The van der Waals surface area contributed by atoms with Crippen LogP contribution in [0.4, 0.5) is 5.69 Å². The molecule has 1 aliphatic heterocycles. The summed E-state index contributed by atoms with van der Waals surface area (Å²) in [6.07, 6.45) is 3.93. The molecular weight excluding hydrogens is 348 g/mol. The Morgan fingerprint density at radius 1 is 1.04 bits per heavy atom. The van der Waals surface area contributed by atoms with Crippen molar-refractivity contribution in [2.75, 3.05) is 18.4 Å². The van der Waals surface area contributed by atoms with E-state index >= 15 is 0 Å². The van der Waals surface area contributed by atoms with Crippen molar-refractivity contribution < 1.29 is 9.53 Å². The highest BCUT2D eigenvalue weighted by Crippen LogP contribution is 2.20. The van der Waals surface area contributed by atoms with Crippen molar-refractivity contribution in [1.82, 2.24) is 5.32 Å². The second-order valence-corrected chi connectivity index (χ2v) is 6.58. The number of piperidine rings is 1. The van der Waals surface area contributed by atoms with Crippen LogP contribution in [0.15, 0.2) is 54.6 Å². The van der Waals surface area contributed by atoms with Gasteiger partial charge in [-0.2, -0.15) is 0 Å². The number of hydrogen-bond acceptors (Lipinski definition) is 3. The van der Waals surface area contributed by atoms with Crippen LogP contribution in [-0.4, -0.2) is 19.0 Å². The number of anilines is 1. The maximum atomic E-state index is 12.1. The normalized spacial score (nSPS) is 14.3. The fraction of sp³-hybridized carbons (Fsp3) is 0.381. The van der Waals surface area contributed by atoms with Gasteiger partial charge in [-0.15, -0.1) is 12.4 Å². The van der Waals surface area contributed by atoms with E-state index in [0.29, 0.717) is 18.9 Å². The van der Waals surface area contributed by atoms with Gasteiger partial charge in [0, 0.05) is 12.1 Å². The monoisotopic (exact) mass is 374 g/mol. The highest BCUT2D eigenvalue weighted by atomic mass is 35.5. The number of amides is 1. The number of ether oxygens (including phenoxy) is 1. The van der Waals surface area contributed by atoms with Crippen LogP contribution in [0.3, 0.4) is 0 Å². The molecule has 0 aliphatic carbocycles. The van der Waals surface area contributed by atoms with Gasteiger partial charge in [0.2, 0.25) is 5.91 Å². The number of carbonyl (C=O) groups is 1. The molecule has 1 heterocycles. The van der Waals surface area contributed by atoms with Crippen molar-refractivity contribution in [2.45, 2.75) is 32.3 Å². The van der Waals surface area contributed by atoms with E-state index in [4.69, 9.17) is 4.74 Å². The fourth-order valence-electron chi connectivity index (χ4n) is 3.10. The standard InChI is InChI=1S/C21H26N2O2.ClH/c24-21(11-6-17-12-14-22-15-13-17)23-19-7-9-20(10-8-19)25-16-18-4-2-1-3-5-18;/h1-5,7-10,17,22H,6,11-16H2,(H,23,24);1H. The highest BCUT2D eigenvalue weighted by molar-refractivity contribution is 5.90. The third-order valence-electron chi connectivity index (χ3n) is 4.62. The molecule has 1 aliphatic rings. The Morgan fingerprint density at radius 2 is 1.73 bits per heavy atom. The topological polar surface area (TPSA) is 50.4 Å². The molecule has 1 saturated heterocycles. The molecule has 2 aromatic rings. The Kier molecular flexibility index (Phi) is 8.45. The second-order valence-electron chi connectivity index (χ2n) is 6.58. The molecule has 0 unspecified atom stereocenters. The summed E-state index contributed by atoms with van der Waals surface area (Å²) >= 11 is 0. The first kappa shape index (κ1) is 20.3. The van der Waals surface area contributed by atoms with Gasteiger partial charge in [-0.05, 0) is 68.1 Å². The molecule has 0 spiro atoms. The first-order valence-electron chi connectivity index (χ1n) is 9.07. The third kappa shape index (κ3) is 6.70. The lowest BCUT2D eigenvalue weighted by Crippen LogP contribution is -2.28. The van der Waals surface area contributed by atoms with Crippen molar-refractivity contribution >= 4 is 24.0 Å². The quantitative estimate of drug-likeness (QED) is 0.754. The lowest BCUT2D eigenvalue weighted by Gasteiger charge is -2.22. The first-order chi connectivity index (χ1) is 12.3. The Bertz CT molecular complexity index is 655. The van der Waals surface area contributed by atoms with Crippen LogP contribution in [0.2, 0.25) is 0 Å². The average molecular weight is 375 g/mol. The summed E-state index contributed by atoms with van der Waals surface area (Å²) < 4.78 is 5.76. The minimum absolute atomic E-state index is 0. The molecule has 2 N–H and O–H groups in total. The van der Waals surface area contributed by atoms with Crippen molar-refractivity contribution in [3.63, 3.8) is 0 Å². The minimum atomic E-state index is 0. The molecule has 3 rings (SSSR count). The summed E-state index contributed by atoms with van der Waals surface area (Å²) in [5.74, 6) is 1.58. The average Bonchev–Trinajstić information content (AvgIpc) is 2.67. The molecule has 0 atom stereocenters. The molecule has 4 nitrogen and oxygen atoms in total. The van der Waals surface area contributed by atoms with Gasteiger partial charge >= 0.3 is 0 Å². The van der Waals surface area contributed by atoms with Crippen LogP contribution in [0.1, 0.15) is 31.2 Å². The van der Waals surface area contributed by atoms with Gasteiger partial charge in [-0.3, -0.25) is 4.79 Å². The van der Waals surface area contributed by atoms with E-state index in [0.717, 1.165) is 36.5 Å². The first-order valence-corrected chi connectivity index (χ1v) is 9.07. The number of nitrogens with one attached hydrogen (secondary N) is 2. The summed E-state index contributed by atoms with van der Waals surface area (Å²) in [6, 6.07) is 17.6. The molecule has 0 radical (unpaired) electrons. The predicted molar refractivity (Wildman–Crippen MR) is 108 cm³/mol. The van der Waals surface area contributed by atoms with E-state index < -0.39 is 0 Å². The molecule has 2 aromatic carbocycles. The van der Waals surface area contributed by atoms with E-state index in [-0.39, 0.29) is 18.3 Å². The molecular formula is C21H27ClN2O2. The molecule has 26 heavy (non-hydrogen) atoms. The highest BCUT2D eigenvalue weighted by Gasteiger charge is 2.14. The number of halogens is 1. The zero-order valence-electron chi connectivity index (χ0n) is 14.9. The van der Waals surface area contributed by atoms with Crippen LogP contribution < -0.4 is 15.4 Å². The van der Waals surface area contributed by atoms with Crippen molar-refractivity contribution in [2.24, 2.45) is 5.92 Å². The van der Waals surface area contributed by atoms with E-state index in [1.807, 2.05) is 54.6 Å². The van der Waals surface area contributed by atoms with Crippen LogP contribution in [0, 0.1) is 5.92 Å². The van der Waals surface area contributed by atoms with E-state index in [9.17, 15) is 4.79 Å². The van der Waals surface area contributed by atoms with Gasteiger partial charge in [0.25, 0.3) is 0 Å². The maximum absolute atomic E-state index is 12.1. The van der Waals surface area contributed by atoms with Crippen LogP contribution in [0.5, 0.6) is 5.75 Å². The van der Waals surface area contributed by atoms with Crippen molar-refractivity contribution in [3.05, 3.63) is 60.2 Å². The van der Waals surface area contributed by atoms with Crippen molar-refractivity contribution in [1.29, 1.82) is 0 Å². The van der Waals surface area contributed by atoms with E-state index in [1.165, 1.54) is 12.8 Å². The second kappa shape index (κ2) is 10.8. The Labute approximate surface area is 161 Å². The fourth-order valence-corrected chi connectivity index (χ4v) is 3.10. The summed E-state index contributed by atoms with van der Waals surface area (Å²) in [7, 11) is 0. The molecule has 140 valence electrons. The van der Waals surface area contributed by atoms with Crippen LogP contribution in [-0.2, 0) is 11.4 Å². The van der Waals surface area contributed by atoms with Gasteiger partial charge in [0.1, 0.15) is 12.4 Å². The maximum Gasteiger partial charge on any atom is 0.224 e. The smallest absolute Gasteiger partial charge is 0.224 e. The SMILES string of the molecule is Cl.O=C(CCC1CCNCC1)Nc1ccc(OCc2ccccc2)cc1. The third-order valence-corrected chi connectivity index (χ3v) is 4.62. The number of rotatable bonds is 7. The van der Waals surface area contributed by atoms with Gasteiger partial charge in [0.05, 0.1) is 0 Å². The van der Waals surface area contributed by atoms with Crippen LogP contribution in [0.25, 0.3) is 0 Å². The summed E-state index contributed by atoms with van der Waals surface area (Å²) in [4.78, 5) is 12.1. The predicted octanol–water partition coefficient (Wildman–Crippen LogP) is 4.41. The summed E-state index contributed by atoms with van der Waals surface area (Å²) in [5.41, 5.74) is 1.96. The van der Waals surface area contributed by atoms with Crippen molar-refractivity contribution in [3.8, 4) is 5.75 Å². The molecule has 5 heteroatoms. The number of hydrogen-bond donors (Lipinski definition) is 2. The molecule has 0 aromatic heterocycles. The molecule has 0 saturated carbocycles. The zero-order valence-corrected chi connectivity index (χ0v) is 15.8. The van der Waals surface area contributed by atoms with E-state index in [1.54, 1.807) is 0 Å².